The summed E-state index contributed by atoms with van der Waals surface area (Å²) in [6.45, 7) is 15.9. The number of allylic oxidation sites excluding steroid dienone is 1. The predicted molar refractivity (Wildman–Crippen MR) is 172 cm³/mol. The van der Waals surface area contributed by atoms with Gasteiger partial charge in [0.05, 0.1) is 18.4 Å². The molecule has 4 heteroatoms. The molecule has 4 nitrogen and oxygen atoms in total. The van der Waals surface area contributed by atoms with Crippen LogP contribution in [0.5, 0.6) is 0 Å². The molecule has 41 heavy (non-hydrogen) atoms. The maximum absolute atomic E-state index is 12.3. The van der Waals surface area contributed by atoms with Gasteiger partial charge >= 0.3 is 5.97 Å². The van der Waals surface area contributed by atoms with Crippen LogP contribution in [0, 0.1) is 20.8 Å². The SMILES string of the molecule is C=C(CCC)N(Cc1ccc(-c2ccccc2C(=O)OC)cc1)c1cc(C(C)=Nc2ccccc2C)cc(C)c1C. The fourth-order valence-electron chi connectivity index (χ4n) is 5.05. The van der Waals surface area contributed by atoms with Crippen LogP contribution in [0.25, 0.3) is 11.1 Å². The average Bonchev–Trinajstić information content (AvgIpc) is 2.98. The van der Waals surface area contributed by atoms with Crippen LogP contribution in [0.15, 0.2) is 102 Å². The third-order valence-electron chi connectivity index (χ3n) is 7.61. The van der Waals surface area contributed by atoms with E-state index in [-0.39, 0.29) is 5.97 Å². The summed E-state index contributed by atoms with van der Waals surface area (Å²) in [5.74, 6) is -0.335. The number of hydrogen-bond donors (Lipinski definition) is 0. The molecule has 0 N–H and O–H groups in total. The van der Waals surface area contributed by atoms with E-state index in [1.807, 2.05) is 30.3 Å². The van der Waals surface area contributed by atoms with Crippen molar-refractivity contribution in [2.45, 2.75) is 54.0 Å². The van der Waals surface area contributed by atoms with Crippen LogP contribution >= 0.6 is 0 Å². The maximum atomic E-state index is 12.3. The Morgan fingerprint density at radius 3 is 2.27 bits per heavy atom. The Balaban J connectivity index is 1.70. The number of rotatable bonds is 10. The lowest BCUT2D eigenvalue weighted by Crippen LogP contribution is -2.23. The fourth-order valence-corrected chi connectivity index (χ4v) is 5.05. The van der Waals surface area contributed by atoms with Crippen molar-refractivity contribution in [3.8, 4) is 11.1 Å². The first kappa shape index (κ1) is 29.5. The molecule has 0 aliphatic rings. The Morgan fingerprint density at radius 2 is 1.59 bits per heavy atom. The number of aryl methyl sites for hydroxylation is 2. The number of ether oxygens (including phenoxy) is 1. The monoisotopic (exact) mass is 544 g/mol. The molecule has 0 saturated carbocycles. The zero-order valence-corrected chi connectivity index (χ0v) is 25.1. The first-order valence-corrected chi connectivity index (χ1v) is 14.2. The highest BCUT2D eigenvalue weighted by molar-refractivity contribution is 6.01. The summed E-state index contributed by atoms with van der Waals surface area (Å²) in [7, 11) is 1.41. The number of benzene rings is 4. The minimum atomic E-state index is -0.335. The number of carbonyl (C=O) groups is 1. The molecule has 0 atom stereocenters. The van der Waals surface area contributed by atoms with Crippen LogP contribution < -0.4 is 4.90 Å². The predicted octanol–water partition coefficient (Wildman–Crippen LogP) is 9.53. The Kier molecular flexibility index (Phi) is 9.57. The Hall–Kier alpha value is -4.44. The van der Waals surface area contributed by atoms with E-state index in [1.54, 1.807) is 6.07 Å². The molecule has 210 valence electrons. The molecule has 0 aromatic heterocycles. The van der Waals surface area contributed by atoms with Gasteiger partial charge in [-0.3, -0.25) is 4.99 Å². The number of nitrogens with zero attached hydrogens (tertiary/aromatic N) is 2. The van der Waals surface area contributed by atoms with Gasteiger partial charge in [-0.2, -0.15) is 0 Å². The lowest BCUT2D eigenvalue weighted by molar-refractivity contribution is 0.0601. The van der Waals surface area contributed by atoms with Crippen molar-refractivity contribution in [2.24, 2.45) is 4.99 Å². The Bertz CT molecular complexity index is 1580. The van der Waals surface area contributed by atoms with Gasteiger partial charge in [-0.05, 0) is 97.3 Å². The number of anilines is 1. The van der Waals surface area contributed by atoms with E-state index >= 15 is 0 Å². The zero-order valence-electron chi connectivity index (χ0n) is 25.1. The van der Waals surface area contributed by atoms with Gasteiger partial charge < -0.3 is 9.64 Å². The lowest BCUT2D eigenvalue weighted by Gasteiger charge is -2.30. The highest BCUT2D eigenvalue weighted by Gasteiger charge is 2.18. The van der Waals surface area contributed by atoms with Crippen LogP contribution in [0.2, 0.25) is 0 Å². The van der Waals surface area contributed by atoms with Crippen molar-refractivity contribution in [3.05, 3.63) is 131 Å². The summed E-state index contributed by atoms with van der Waals surface area (Å²) in [6.07, 6.45) is 1.92. The van der Waals surface area contributed by atoms with Gasteiger partial charge in [0, 0.05) is 23.6 Å². The third-order valence-corrected chi connectivity index (χ3v) is 7.61. The van der Waals surface area contributed by atoms with Crippen LogP contribution in [0.3, 0.4) is 0 Å². The number of hydrogen-bond acceptors (Lipinski definition) is 4. The quantitative estimate of drug-likeness (QED) is 0.147. The fraction of sp³-hybridized carbons (Fsp3) is 0.243. The van der Waals surface area contributed by atoms with Crippen LogP contribution in [0.1, 0.15) is 64.9 Å². The molecule has 0 aliphatic carbocycles. The number of esters is 1. The summed E-state index contributed by atoms with van der Waals surface area (Å²) in [6, 6.07) is 28.7. The minimum Gasteiger partial charge on any atom is -0.465 e. The highest BCUT2D eigenvalue weighted by atomic mass is 16.5. The van der Waals surface area contributed by atoms with Crippen molar-refractivity contribution in [1.82, 2.24) is 0 Å². The number of carbonyl (C=O) groups excluding carboxylic acids is 1. The first-order valence-electron chi connectivity index (χ1n) is 14.2. The van der Waals surface area contributed by atoms with Crippen molar-refractivity contribution in [1.29, 1.82) is 0 Å². The molecule has 0 amide bonds. The highest BCUT2D eigenvalue weighted by Crippen LogP contribution is 2.32. The molecule has 0 unspecified atom stereocenters. The Labute approximate surface area is 245 Å². The average molecular weight is 545 g/mol. The van der Waals surface area contributed by atoms with E-state index in [2.05, 4.69) is 94.6 Å². The van der Waals surface area contributed by atoms with Gasteiger partial charge in [-0.15, -0.1) is 0 Å². The summed E-state index contributed by atoms with van der Waals surface area (Å²) in [4.78, 5) is 19.6. The molecule has 0 aliphatic heterocycles. The summed E-state index contributed by atoms with van der Waals surface area (Å²) in [5, 5.41) is 0. The summed E-state index contributed by atoms with van der Waals surface area (Å²) in [5.41, 5.74) is 12.5. The molecule has 0 radical (unpaired) electrons. The molecule has 4 rings (SSSR count). The van der Waals surface area contributed by atoms with Gasteiger partial charge in [-0.25, -0.2) is 4.79 Å². The van der Waals surface area contributed by atoms with Gasteiger partial charge in [0.25, 0.3) is 0 Å². The van der Waals surface area contributed by atoms with Gasteiger partial charge in [0.15, 0.2) is 0 Å². The smallest absolute Gasteiger partial charge is 0.338 e. The number of para-hydroxylation sites is 1. The van der Waals surface area contributed by atoms with Crippen LogP contribution in [-0.2, 0) is 11.3 Å². The van der Waals surface area contributed by atoms with Crippen LogP contribution in [0.4, 0.5) is 11.4 Å². The number of methoxy groups -OCH3 is 1. The molecular weight excluding hydrogens is 504 g/mol. The summed E-state index contributed by atoms with van der Waals surface area (Å²) >= 11 is 0. The molecule has 0 saturated heterocycles. The van der Waals surface area contributed by atoms with E-state index in [4.69, 9.17) is 9.73 Å². The van der Waals surface area contributed by atoms with Crippen LogP contribution in [-0.4, -0.2) is 18.8 Å². The largest absolute Gasteiger partial charge is 0.465 e. The standard InChI is InChI=1S/C37H40N2O2/c1-8-13-27(4)39(24-30-18-20-31(21-19-30)33-15-10-11-16-34(33)37(40)41-7)36-23-32(22-26(3)28(36)5)29(6)38-35-17-12-9-14-25(35)2/h9-12,14-23H,4,8,13,24H2,1-3,5-7H3. The van der Waals surface area contributed by atoms with E-state index in [9.17, 15) is 4.79 Å². The lowest BCUT2D eigenvalue weighted by atomic mass is 9.97. The van der Waals surface area contributed by atoms with Crippen molar-refractivity contribution >= 4 is 23.1 Å². The van der Waals surface area contributed by atoms with Gasteiger partial charge in [0.2, 0.25) is 0 Å². The molecule has 0 heterocycles. The molecule has 4 aromatic rings. The van der Waals surface area contributed by atoms with Gasteiger partial charge in [-0.1, -0.05) is 80.6 Å². The molecule has 0 bridgehead atoms. The van der Waals surface area contributed by atoms with E-state index in [0.717, 1.165) is 63.4 Å². The van der Waals surface area contributed by atoms with Crippen molar-refractivity contribution in [2.75, 3.05) is 12.0 Å². The topological polar surface area (TPSA) is 41.9 Å². The van der Waals surface area contributed by atoms with E-state index in [1.165, 1.54) is 18.2 Å². The summed E-state index contributed by atoms with van der Waals surface area (Å²) < 4.78 is 5.00. The van der Waals surface area contributed by atoms with Crippen molar-refractivity contribution in [3.63, 3.8) is 0 Å². The van der Waals surface area contributed by atoms with E-state index in [0.29, 0.717) is 12.1 Å². The second-order valence-corrected chi connectivity index (χ2v) is 10.6. The molecule has 0 spiro atoms. The Morgan fingerprint density at radius 1 is 0.902 bits per heavy atom. The normalized spacial score (nSPS) is 11.3. The molecular formula is C37H40N2O2. The minimum absolute atomic E-state index is 0.335. The van der Waals surface area contributed by atoms with Gasteiger partial charge in [0.1, 0.15) is 0 Å². The second kappa shape index (κ2) is 13.3. The maximum Gasteiger partial charge on any atom is 0.338 e. The third kappa shape index (κ3) is 6.83. The van der Waals surface area contributed by atoms with Crippen molar-refractivity contribution < 1.29 is 9.53 Å². The molecule has 0 fully saturated rings. The molecule has 4 aromatic carbocycles. The van der Waals surface area contributed by atoms with E-state index < -0.39 is 0 Å². The zero-order chi connectivity index (χ0) is 29.5. The first-order chi connectivity index (χ1) is 19.7. The second-order valence-electron chi connectivity index (χ2n) is 10.6. The number of aliphatic imine (C=N–C) groups is 1.